The van der Waals surface area contributed by atoms with E-state index in [1.54, 1.807) is 6.08 Å². The molecule has 1 atom stereocenters. The van der Waals surface area contributed by atoms with Gasteiger partial charge in [0.15, 0.2) is 0 Å². The molecule has 0 bridgehead atoms. The number of hydrogen-bond acceptors (Lipinski definition) is 2. The van der Waals surface area contributed by atoms with Crippen molar-refractivity contribution in [1.82, 2.24) is 0 Å². The highest BCUT2D eigenvalue weighted by Gasteiger charge is 1.96. The van der Waals surface area contributed by atoms with Crippen molar-refractivity contribution in [1.29, 1.82) is 0 Å². The van der Waals surface area contributed by atoms with Gasteiger partial charge in [0.2, 0.25) is 0 Å². The van der Waals surface area contributed by atoms with Gasteiger partial charge in [0.05, 0.1) is 12.7 Å². The van der Waals surface area contributed by atoms with Crippen LogP contribution in [0, 0.1) is 0 Å². The average Bonchev–Trinajstić information content (AvgIpc) is 1.98. The average molecular weight is 144 g/mol. The van der Waals surface area contributed by atoms with E-state index in [1.165, 1.54) is 0 Å². The van der Waals surface area contributed by atoms with Crippen molar-refractivity contribution in [3.05, 3.63) is 12.2 Å². The Kier molecular flexibility index (Phi) is 6.55. The van der Waals surface area contributed by atoms with Crippen molar-refractivity contribution in [3.63, 3.8) is 0 Å². The molecule has 0 amide bonds. The first kappa shape index (κ1) is 9.66. The molecule has 0 radical (unpaired) electrons. The Hall–Kier alpha value is -0.340. The number of aliphatic hydroxyl groups excluding tert-OH is 2. The van der Waals surface area contributed by atoms with Crippen LogP contribution in [0.5, 0.6) is 0 Å². The standard InChI is InChI=1S/C8H16O2/c1-2-8(10)6-4-3-5-7-9/h3,5,8-10H,2,4,6-7H2,1H3. The van der Waals surface area contributed by atoms with Gasteiger partial charge in [-0.3, -0.25) is 0 Å². The maximum atomic E-state index is 9.06. The lowest BCUT2D eigenvalue weighted by molar-refractivity contribution is 0.161. The minimum Gasteiger partial charge on any atom is -0.393 e. The van der Waals surface area contributed by atoms with E-state index in [9.17, 15) is 0 Å². The van der Waals surface area contributed by atoms with Crippen LogP contribution in [-0.4, -0.2) is 22.9 Å². The van der Waals surface area contributed by atoms with Gasteiger partial charge in [-0.25, -0.2) is 0 Å². The van der Waals surface area contributed by atoms with Crippen molar-refractivity contribution in [2.45, 2.75) is 32.3 Å². The summed E-state index contributed by atoms with van der Waals surface area (Å²) in [5.74, 6) is 0. The molecule has 0 aromatic carbocycles. The third-order valence-electron chi connectivity index (χ3n) is 1.41. The molecule has 0 aliphatic carbocycles. The van der Waals surface area contributed by atoms with Crippen LogP contribution in [0.25, 0.3) is 0 Å². The molecular formula is C8H16O2. The molecule has 2 nitrogen and oxygen atoms in total. The predicted octanol–water partition coefficient (Wildman–Crippen LogP) is 1.09. The van der Waals surface area contributed by atoms with E-state index in [4.69, 9.17) is 10.2 Å². The molecule has 0 aliphatic heterocycles. The maximum Gasteiger partial charge on any atom is 0.0612 e. The SMILES string of the molecule is CCC(O)CCC=CCO. The molecule has 2 heteroatoms. The molecule has 10 heavy (non-hydrogen) atoms. The van der Waals surface area contributed by atoms with Gasteiger partial charge in [-0.1, -0.05) is 19.1 Å². The summed E-state index contributed by atoms with van der Waals surface area (Å²) in [6, 6.07) is 0. The fourth-order valence-corrected chi connectivity index (χ4v) is 0.685. The van der Waals surface area contributed by atoms with Gasteiger partial charge in [-0.2, -0.15) is 0 Å². The molecule has 0 saturated heterocycles. The van der Waals surface area contributed by atoms with Gasteiger partial charge in [0.1, 0.15) is 0 Å². The zero-order valence-electron chi connectivity index (χ0n) is 6.45. The molecule has 1 unspecified atom stereocenters. The van der Waals surface area contributed by atoms with E-state index < -0.39 is 0 Å². The van der Waals surface area contributed by atoms with Crippen molar-refractivity contribution in [2.75, 3.05) is 6.61 Å². The van der Waals surface area contributed by atoms with E-state index in [0.29, 0.717) is 0 Å². The number of hydrogen-bond donors (Lipinski definition) is 2. The number of rotatable bonds is 5. The largest absolute Gasteiger partial charge is 0.393 e. The third kappa shape index (κ3) is 5.79. The number of aliphatic hydroxyl groups is 2. The first-order valence-corrected chi connectivity index (χ1v) is 3.75. The lowest BCUT2D eigenvalue weighted by Gasteiger charge is -2.02. The summed E-state index contributed by atoms with van der Waals surface area (Å²) in [4.78, 5) is 0. The molecule has 60 valence electrons. The van der Waals surface area contributed by atoms with Gasteiger partial charge >= 0.3 is 0 Å². The summed E-state index contributed by atoms with van der Waals surface area (Å²) < 4.78 is 0. The van der Waals surface area contributed by atoms with Gasteiger partial charge in [0.25, 0.3) is 0 Å². The molecule has 0 aliphatic rings. The molecule has 0 saturated carbocycles. The van der Waals surface area contributed by atoms with Crippen LogP contribution >= 0.6 is 0 Å². The third-order valence-corrected chi connectivity index (χ3v) is 1.41. The molecule has 0 fully saturated rings. The predicted molar refractivity (Wildman–Crippen MR) is 41.8 cm³/mol. The molecule has 2 N–H and O–H groups in total. The van der Waals surface area contributed by atoms with Gasteiger partial charge in [-0.15, -0.1) is 0 Å². The highest BCUT2D eigenvalue weighted by molar-refractivity contribution is 4.81. The first-order valence-electron chi connectivity index (χ1n) is 3.75. The van der Waals surface area contributed by atoms with E-state index in [2.05, 4.69) is 0 Å². The molecule has 0 aromatic rings. The van der Waals surface area contributed by atoms with E-state index in [0.717, 1.165) is 19.3 Å². The van der Waals surface area contributed by atoms with Crippen LogP contribution in [0.15, 0.2) is 12.2 Å². The Morgan fingerprint density at radius 2 is 2.10 bits per heavy atom. The van der Waals surface area contributed by atoms with Crippen LogP contribution in [-0.2, 0) is 0 Å². The lowest BCUT2D eigenvalue weighted by Crippen LogP contribution is -2.02. The quantitative estimate of drug-likeness (QED) is 0.567. The Balaban J connectivity index is 3.10. The second kappa shape index (κ2) is 6.78. The summed E-state index contributed by atoms with van der Waals surface area (Å²) in [6.45, 7) is 2.06. The van der Waals surface area contributed by atoms with Crippen LogP contribution in [0.3, 0.4) is 0 Å². The Morgan fingerprint density at radius 3 is 2.60 bits per heavy atom. The Bertz CT molecular complexity index is 89.3. The van der Waals surface area contributed by atoms with Crippen LogP contribution < -0.4 is 0 Å². The molecule has 0 aromatic heterocycles. The maximum absolute atomic E-state index is 9.06. The highest BCUT2D eigenvalue weighted by atomic mass is 16.3. The van der Waals surface area contributed by atoms with E-state index in [1.807, 2.05) is 13.0 Å². The Labute approximate surface area is 62.2 Å². The molecule has 0 rings (SSSR count). The van der Waals surface area contributed by atoms with Crippen molar-refractivity contribution < 1.29 is 10.2 Å². The van der Waals surface area contributed by atoms with Crippen molar-refractivity contribution >= 4 is 0 Å². The molecular weight excluding hydrogens is 128 g/mol. The van der Waals surface area contributed by atoms with Crippen LogP contribution in [0.2, 0.25) is 0 Å². The zero-order valence-corrected chi connectivity index (χ0v) is 6.45. The van der Waals surface area contributed by atoms with E-state index >= 15 is 0 Å². The summed E-state index contributed by atoms with van der Waals surface area (Å²) in [5, 5.41) is 17.4. The second-order valence-electron chi connectivity index (χ2n) is 2.29. The van der Waals surface area contributed by atoms with Crippen LogP contribution in [0.1, 0.15) is 26.2 Å². The minimum absolute atomic E-state index is 0.0994. The zero-order chi connectivity index (χ0) is 7.82. The first-order chi connectivity index (χ1) is 4.81. The summed E-state index contributed by atoms with van der Waals surface area (Å²) >= 11 is 0. The topological polar surface area (TPSA) is 40.5 Å². The fraction of sp³-hybridized carbons (Fsp3) is 0.750. The Morgan fingerprint density at radius 1 is 1.40 bits per heavy atom. The minimum atomic E-state index is -0.177. The smallest absolute Gasteiger partial charge is 0.0612 e. The summed E-state index contributed by atoms with van der Waals surface area (Å²) in [6.07, 6.45) is 5.87. The van der Waals surface area contributed by atoms with Crippen molar-refractivity contribution in [3.8, 4) is 0 Å². The van der Waals surface area contributed by atoms with Gasteiger partial charge < -0.3 is 10.2 Å². The fourth-order valence-electron chi connectivity index (χ4n) is 0.685. The summed E-state index contributed by atoms with van der Waals surface area (Å²) in [7, 11) is 0. The van der Waals surface area contributed by atoms with Crippen molar-refractivity contribution in [2.24, 2.45) is 0 Å². The monoisotopic (exact) mass is 144 g/mol. The number of allylic oxidation sites excluding steroid dienone is 1. The highest BCUT2D eigenvalue weighted by Crippen LogP contribution is 2.00. The molecule has 0 heterocycles. The van der Waals surface area contributed by atoms with E-state index in [-0.39, 0.29) is 12.7 Å². The second-order valence-corrected chi connectivity index (χ2v) is 2.29. The lowest BCUT2D eigenvalue weighted by atomic mass is 10.1. The van der Waals surface area contributed by atoms with Gasteiger partial charge in [-0.05, 0) is 19.3 Å². The molecule has 0 spiro atoms. The van der Waals surface area contributed by atoms with Crippen LogP contribution in [0.4, 0.5) is 0 Å². The van der Waals surface area contributed by atoms with Gasteiger partial charge in [0, 0.05) is 0 Å². The normalized spacial score (nSPS) is 14.3. The summed E-state index contributed by atoms with van der Waals surface area (Å²) in [5.41, 5.74) is 0.